The summed E-state index contributed by atoms with van der Waals surface area (Å²) in [7, 11) is -3.27. The van der Waals surface area contributed by atoms with E-state index in [1.165, 1.54) is 18.5 Å². The second-order valence-corrected chi connectivity index (χ2v) is 11.9. The van der Waals surface area contributed by atoms with Crippen LogP contribution >= 0.6 is 0 Å². The Morgan fingerprint density at radius 3 is 2.56 bits per heavy atom. The number of benzene rings is 2. The van der Waals surface area contributed by atoms with Crippen molar-refractivity contribution in [3.63, 3.8) is 0 Å². The molecule has 0 radical (unpaired) electrons. The van der Waals surface area contributed by atoms with Gasteiger partial charge in [0.05, 0.1) is 26.6 Å². The van der Waals surface area contributed by atoms with E-state index in [4.69, 9.17) is 9.52 Å². The average Bonchev–Trinajstić information content (AvgIpc) is 3.23. The van der Waals surface area contributed by atoms with Gasteiger partial charge in [0.1, 0.15) is 17.3 Å². The molecule has 4 aromatic rings. The zero-order chi connectivity index (χ0) is 26.3. The third-order valence-corrected chi connectivity index (χ3v) is 6.80. The van der Waals surface area contributed by atoms with Crippen LogP contribution in [0.2, 0.25) is 0 Å². The van der Waals surface area contributed by atoms with Crippen molar-refractivity contribution in [3.8, 4) is 11.5 Å². The van der Waals surface area contributed by atoms with Crippen LogP contribution < -0.4 is 10.1 Å². The van der Waals surface area contributed by atoms with Gasteiger partial charge in [-0.25, -0.2) is 13.4 Å². The molecule has 1 atom stereocenters. The summed E-state index contributed by atoms with van der Waals surface area (Å²) in [5.41, 5.74) is 2.75. The van der Waals surface area contributed by atoms with Crippen molar-refractivity contribution < 1.29 is 18.1 Å². The van der Waals surface area contributed by atoms with Gasteiger partial charge in [-0.15, -0.1) is 0 Å². The van der Waals surface area contributed by atoms with Gasteiger partial charge < -0.3 is 10.1 Å². The molecular weight excluding hydrogens is 481 g/mol. The fourth-order valence-corrected chi connectivity index (χ4v) is 4.48. The van der Waals surface area contributed by atoms with Gasteiger partial charge in [-0.3, -0.25) is 14.9 Å². The van der Waals surface area contributed by atoms with E-state index in [1.807, 2.05) is 19.1 Å². The highest BCUT2D eigenvalue weighted by Crippen LogP contribution is 2.33. The number of amides is 1. The number of hydrogen-bond donors (Lipinski definition) is 3. The number of aryl methyl sites for hydroxylation is 1. The number of nitrogens with one attached hydrogen (secondary N) is 3. The van der Waals surface area contributed by atoms with Gasteiger partial charge in [-0.1, -0.05) is 32.9 Å². The van der Waals surface area contributed by atoms with Crippen molar-refractivity contribution in [1.82, 2.24) is 15.2 Å². The van der Waals surface area contributed by atoms with E-state index < -0.39 is 15.5 Å². The molecule has 188 valence electrons. The smallest absolute Gasteiger partial charge is 0.229 e. The Bertz CT molecular complexity index is 1570. The van der Waals surface area contributed by atoms with E-state index in [1.54, 1.807) is 18.2 Å². The van der Waals surface area contributed by atoms with Crippen LogP contribution in [0.25, 0.3) is 10.9 Å². The molecule has 0 aliphatic rings. The highest BCUT2D eigenvalue weighted by atomic mass is 32.2. The van der Waals surface area contributed by atoms with Crippen molar-refractivity contribution in [2.45, 2.75) is 44.4 Å². The lowest BCUT2D eigenvalue weighted by Gasteiger charge is -2.14. The lowest BCUT2D eigenvalue weighted by atomic mass is 9.92. The van der Waals surface area contributed by atoms with E-state index in [2.05, 4.69) is 41.3 Å². The van der Waals surface area contributed by atoms with Crippen molar-refractivity contribution >= 4 is 32.4 Å². The summed E-state index contributed by atoms with van der Waals surface area (Å²) in [4.78, 5) is 16.5. The highest BCUT2D eigenvalue weighted by molar-refractivity contribution is 7.91. The molecule has 1 amide bonds. The summed E-state index contributed by atoms with van der Waals surface area (Å²) in [6.07, 6.45) is 2.83. The molecule has 3 N–H and O–H groups in total. The van der Waals surface area contributed by atoms with E-state index in [-0.39, 0.29) is 22.6 Å². The molecule has 0 aliphatic heterocycles. The van der Waals surface area contributed by atoms with Crippen LogP contribution in [0.5, 0.6) is 11.5 Å². The number of nitrogens with zero attached hydrogens (tertiary/aromatic N) is 2. The maximum atomic E-state index is 14.4. The number of halogens is 1. The minimum absolute atomic E-state index is 0.101. The summed E-state index contributed by atoms with van der Waals surface area (Å²) in [6.45, 7) is 8.03. The first kappa shape index (κ1) is 25.3. The molecule has 1 unspecified atom stereocenters. The zero-order valence-electron chi connectivity index (χ0n) is 20.7. The molecule has 8 nitrogen and oxygen atoms in total. The molecule has 36 heavy (non-hydrogen) atoms. The van der Waals surface area contributed by atoms with E-state index in [0.29, 0.717) is 28.2 Å². The number of ether oxygens (including phenoxy) is 1. The molecule has 0 bridgehead atoms. The summed E-state index contributed by atoms with van der Waals surface area (Å²) in [6, 6.07) is 11.4. The molecule has 2 aromatic carbocycles. The number of aromatic amines is 1. The summed E-state index contributed by atoms with van der Waals surface area (Å²) in [5, 5.41) is 10.4. The van der Waals surface area contributed by atoms with Crippen LogP contribution in [0, 0.1) is 17.5 Å². The molecule has 0 saturated carbocycles. The molecule has 0 spiro atoms. The predicted octanol–water partition coefficient (Wildman–Crippen LogP) is 5.71. The topological polar surface area (TPSA) is 121 Å². The number of hydrogen-bond acceptors (Lipinski definition) is 6. The van der Waals surface area contributed by atoms with E-state index in [9.17, 15) is 13.4 Å². The number of pyridine rings is 1. The van der Waals surface area contributed by atoms with Crippen LogP contribution in [0.4, 0.5) is 10.2 Å². The number of carbonyl (C=O) groups excluding carboxylic acids is 1. The fourth-order valence-electron chi connectivity index (χ4n) is 3.71. The Hall–Kier alpha value is -3.79. The first-order valence-corrected chi connectivity index (χ1v) is 13.2. The van der Waals surface area contributed by atoms with Crippen molar-refractivity contribution in [3.05, 3.63) is 71.3 Å². The number of fused-ring (bicyclic) bond motifs is 1. The minimum Gasteiger partial charge on any atom is -0.456 e. The molecular formula is C26H28FN5O3S. The maximum absolute atomic E-state index is 14.4. The van der Waals surface area contributed by atoms with Crippen LogP contribution in [-0.4, -0.2) is 31.6 Å². The second-order valence-electron chi connectivity index (χ2n) is 9.80. The van der Waals surface area contributed by atoms with Gasteiger partial charge in [-0.2, -0.15) is 5.10 Å². The van der Waals surface area contributed by atoms with Crippen LogP contribution in [0.3, 0.4) is 0 Å². The summed E-state index contributed by atoms with van der Waals surface area (Å²) >= 11 is 0. The number of aromatic nitrogens is 3. The van der Waals surface area contributed by atoms with Gasteiger partial charge in [0.15, 0.2) is 5.82 Å². The summed E-state index contributed by atoms with van der Waals surface area (Å²) < 4.78 is 40.4. The minimum atomic E-state index is -3.27. The average molecular weight is 510 g/mol. The molecule has 2 heterocycles. The van der Waals surface area contributed by atoms with Crippen molar-refractivity contribution in [2.24, 2.45) is 0 Å². The van der Waals surface area contributed by atoms with Crippen molar-refractivity contribution in [2.75, 3.05) is 11.6 Å². The predicted molar refractivity (Wildman–Crippen MR) is 138 cm³/mol. The Morgan fingerprint density at radius 1 is 1.17 bits per heavy atom. The van der Waals surface area contributed by atoms with Crippen LogP contribution in [0.15, 0.2) is 53.6 Å². The van der Waals surface area contributed by atoms with Gasteiger partial charge in [0.25, 0.3) is 0 Å². The first-order chi connectivity index (χ1) is 16.8. The Morgan fingerprint density at radius 2 is 1.92 bits per heavy atom. The molecule has 0 saturated heterocycles. The highest BCUT2D eigenvalue weighted by Gasteiger charge is 2.18. The van der Waals surface area contributed by atoms with Crippen molar-refractivity contribution in [1.29, 1.82) is 4.78 Å². The van der Waals surface area contributed by atoms with Gasteiger partial charge >= 0.3 is 0 Å². The maximum Gasteiger partial charge on any atom is 0.229 e. The molecule has 10 heteroatoms. The van der Waals surface area contributed by atoms with Gasteiger partial charge in [-0.05, 0) is 36.2 Å². The number of H-pyrrole nitrogens is 1. The lowest BCUT2D eigenvalue weighted by Crippen LogP contribution is -2.15. The van der Waals surface area contributed by atoms with E-state index in [0.717, 1.165) is 22.9 Å². The largest absolute Gasteiger partial charge is 0.456 e. The first-order valence-electron chi connectivity index (χ1n) is 11.3. The Kier molecular flexibility index (Phi) is 6.57. The Balaban J connectivity index is 1.52. The quantitative estimate of drug-likeness (QED) is 0.307. The molecule has 0 fully saturated rings. The SMILES string of the molecule is Cc1cc(CC(=O)Nc2cc(C(C)(C)C)[nH]n2)ccc1Oc1ccnc2cc(F)c(S(C)(=N)=O)cc12. The van der Waals surface area contributed by atoms with Gasteiger partial charge in [0.2, 0.25) is 5.91 Å². The van der Waals surface area contributed by atoms with Crippen LogP contribution in [0.1, 0.15) is 37.6 Å². The number of carbonyl (C=O) groups is 1. The summed E-state index contributed by atoms with van der Waals surface area (Å²) in [5.74, 6) is 0.487. The van der Waals surface area contributed by atoms with Crippen LogP contribution in [-0.2, 0) is 26.4 Å². The van der Waals surface area contributed by atoms with E-state index >= 15 is 0 Å². The Labute approximate surface area is 209 Å². The molecule has 0 aliphatic carbocycles. The third kappa shape index (κ3) is 5.54. The standard InChI is InChI=1S/C26H28FN5O3S/c1-15-10-16(11-25(33)30-24-14-23(31-32-24)26(2,3)4)6-7-20(15)35-21-8-9-29-19-13-18(27)22(12-17(19)21)36(5,28)34/h6-10,12-14,28H,11H2,1-5H3,(H2,30,31,32,33). The lowest BCUT2D eigenvalue weighted by molar-refractivity contribution is -0.115. The number of rotatable bonds is 6. The zero-order valence-corrected chi connectivity index (χ0v) is 21.5. The third-order valence-electron chi connectivity index (χ3n) is 5.65. The molecule has 2 aromatic heterocycles. The second kappa shape index (κ2) is 9.34. The fraction of sp³-hybridized carbons (Fsp3) is 0.269. The number of anilines is 1. The molecule has 4 rings (SSSR count). The normalized spacial score (nSPS) is 13.4. The van der Waals surface area contributed by atoms with Gasteiger partial charge in [0, 0.05) is 41.1 Å². The monoisotopic (exact) mass is 509 g/mol.